The fourth-order valence-electron chi connectivity index (χ4n) is 2.89. The minimum absolute atomic E-state index is 0.842. The van der Waals surface area contributed by atoms with Crippen LogP contribution in [0.3, 0.4) is 0 Å². The van der Waals surface area contributed by atoms with Gasteiger partial charge in [-0.1, -0.05) is 19.1 Å². The van der Waals surface area contributed by atoms with Gasteiger partial charge in [0.25, 0.3) is 0 Å². The zero-order valence-electron chi connectivity index (χ0n) is 11.1. The molecule has 3 rings (SSSR count). The molecule has 0 saturated carbocycles. The smallest absolute Gasteiger partial charge is 0.0373 e. The van der Waals surface area contributed by atoms with E-state index in [1.807, 2.05) is 0 Å². The maximum absolute atomic E-state index is 3.43. The highest BCUT2D eigenvalue weighted by Gasteiger charge is 2.19. The maximum Gasteiger partial charge on any atom is 0.0373 e. The molecule has 1 N–H and O–H groups in total. The monoisotopic (exact) mass is 262 g/mol. The van der Waals surface area contributed by atoms with Crippen LogP contribution in [0.2, 0.25) is 0 Å². The molecule has 18 heavy (non-hydrogen) atoms. The molecule has 1 saturated heterocycles. The third kappa shape index (κ3) is 2.67. The number of benzene rings is 1. The number of nitrogens with zero attached hydrogens (tertiary/aromatic N) is 1. The Hall–Kier alpha value is -0.670. The molecule has 2 aliphatic heterocycles. The Balaban J connectivity index is 1.65. The van der Waals surface area contributed by atoms with Crippen molar-refractivity contribution >= 4 is 17.4 Å². The van der Waals surface area contributed by atoms with Crippen molar-refractivity contribution in [2.45, 2.75) is 31.6 Å². The van der Waals surface area contributed by atoms with Gasteiger partial charge < -0.3 is 5.32 Å². The summed E-state index contributed by atoms with van der Waals surface area (Å²) >= 11 is 2.15. The summed E-state index contributed by atoms with van der Waals surface area (Å²) in [5, 5.41) is 4.27. The summed E-state index contributed by atoms with van der Waals surface area (Å²) in [5.41, 5.74) is 4.34. The summed E-state index contributed by atoms with van der Waals surface area (Å²) < 4.78 is 0. The van der Waals surface area contributed by atoms with Crippen molar-refractivity contribution in [3.05, 3.63) is 29.3 Å². The molecular weight excluding hydrogens is 240 g/mol. The van der Waals surface area contributed by atoms with Gasteiger partial charge in [0.2, 0.25) is 0 Å². The molecule has 0 aliphatic carbocycles. The first-order chi connectivity index (χ1) is 8.85. The Morgan fingerprint density at radius 1 is 1.44 bits per heavy atom. The van der Waals surface area contributed by atoms with Crippen LogP contribution in [-0.2, 0) is 13.0 Å². The third-order valence-electron chi connectivity index (χ3n) is 3.96. The standard InChI is InChI=1S/C15H22N2S/c1-2-14-11-17(7-8-18-14)10-12-3-4-15-13(9-12)5-6-16-15/h3-4,9,14,16H,2,5-8,10-11H2,1H3. The van der Waals surface area contributed by atoms with E-state index >= 15 is 0 Å². The van der Waals surface area contributed by atoms with Gasteiger partial charge in [-0.25, -0.2) is 0 Å². The van der Waals surface area contributed by atoms with Crippen LogP contribution in [0, 0.1) is 0 Å². The van der Waals surface area contributed by atoms with Gasteiger partial charge >= 0.3 is 0 Å². The van der Waals surface area contributed by atoms with Crippen LogP contribution in [0.25, 0.3) is 0 Å². The van der Waals surface area contributed by atoms with Crippen molar-refractivity contribution in [3.8, 4) is 0 Å². The van der Waals surface area contributed by atoms with Crippen LogP contribution < -0.4 is 5.32 Å². The number of hydrogen-bond donors (Lipinski definition) is 1. The van der Waals surface area contributed by atoms with Crippen molar-refractivity contribution in [2.24, 2.45) is 0 Å². The lowest BCUT2D eigenvalue weighted by Crippen LogP contribution is -2.37. The molecular formula is C15H22N2S. The third-order valence-corrected chi connectivity index (χ3v) is 5.34. The second kappa shape index (κ2) is 5.54. The molecule has 3 heteroatoms. The SMILES string of the molecule is CCC1CN(Cc2ccc3c(c2)CCN3)CCS1. The number of rotatable bonds is 3. The summed E-state index contributed by atoms with van der Waals surface area (Å²) in [4.78, 5) is 2.62. The predicted molar refractivity (Wildman–Crippen MR) is 80.4 cm³/mol. The Kier molecular flexibility index (Phi) is 3.80. The molecule has 0 amide bonds. The van der Waals surface area contributed by atoms with Crippen molar-refractivity contribution in [2.75, 3.05) is 30.7 Å². The first-order valence-corrected chi connectivity index (χ1v) is 8.09. The molecule has 2 aliphatic rings. The van der Waals surface area contributed by atoms with Crippen LogP contribution in [0.5, 0.6) is 0 Å². The van der Waals surface area contributed by atoms with Crippen LogP contribution in [-0.4, -0.2) is 35.5 Å². The van der Waals surface area contributed by atoms with Gasteiger partial charge in [-0.05, 0) is 30.0 Å². The van der Waals surface area contributed by atoms with Crippen LogP contribution in [0.4, 0.5) is 5.69 Å². The normalized spacial score (nSPS) is 23.7. The molecule has 98 valence electrons. The zero-order chi connectivity index (χ0) is 12.4. The van der Waals surface area contributed by atoms with Gasteiger partial charge in [0.05, 0.1) is 0 Å². The fraction of sp³-hybridized carbons (Fsp3) is 0.600. The molecule has 1 atom stereocenters. The fourth-order valence-corrected chi connectivity index (χ4v) is 4.13. The highest BCUT2D eigenvalue weighted by Crippen LogP contribution is 2.26. The van der Waals surface area contributed by atoms with Crippen molar-refractivity contribution < 1.29 is 0 Å². The Morgan fingerprint density at radius 3 is 3.28 bits per heavy atom. The minimum Gasteiger partial charge on any atom is -0.384 e. The van der Waals surface area contributed by atoms with E-state index in [0.29, 0.717) is 0 Å². The highest BCUT2D eigenvalue weighted by molar-refractivity contribution is 8.00. The van der Waals surface area contributed by atoms with Gasteiger partial charge in [0.1, 0.15) is 0 Å². The van der Waals surface area contributed by atoms with Crippen molar-refractivity contribution in [1.82, 2.24) is 4.90 Å². The Labute approximate surface area is 114 Å². The summed E-state index contributed by atoms with van der Waals surface area (Å²) in [5.74, 6) is 1.30. The molecule has 0 radical (unpaired) electrons. The van der Waals surface area contributed by atoms with E-state index in [9.17, 15) is 0 Å². The molecule has 1 fully saturated rings. The maximum atomic E-state index is 3.43. The van der Waals surface area contributed by atoms with Crippen LogP contribution in [0.1, 0.15) is 24.5 Å². The lowest BCUT2D eigenvalue weighted by Gasteiger charge is -2.31. The number of nitrogens with one attached hydrogen (secondary N) is 1. The molecule has 2 nitrogen and oxygen atoms in total. The Morgan fingerprint density at radius 2 is 2.39 bits per heavy atom. The van der Waals surface area contributed by atoms with E-state index in [1.165, 1.54) is 48.5 Å². The van der Waals surface area contributed by atoms with Crippen molar-refractivity contribution in [1.29, 1.82) is 0 Å². The lowest BCUT2D eigenvalue weighted by atomic mass is 10.1. The van der Waals surface area contributed by atoms with E-state index in [2.05, 4.69) is 47.1 Å². The molecule has 1 aromatic rings. The van der Waals surface area contributed by atoms with Crippen molar-refractivity contribution in [3.63, 3.8) is 0 Å². The van der Waals surface area contributed by atoms with E-state index in [0.717, 1.165) is 18.3 Å². The highest BCUT2D eigenvalue weighted by atomic mass is 32.2. The van der Waals surface area contributed by atoms with E-state index in [1.54, 1.807) is 0 Å². The van der Waals surface area contributed by atoms with E-state index < -0.39 is 0 Å². The molecule has 0 bridgehead atoms. The number of fused-ring (bicyclic) bond motifs is 1. The second-order valence-electron chi connectivity index (χ2n) is 5.30. The van der Waals surface area contributed by atoms with Gasteiger partial charge in [0.15, 0.2) is 0 Å². The van der Waals surface area contributed by atoms with E-state index in [-0.39, 0.29) is 0 Å². The largest absolute Gasteiger partial charge is 0.384 e. The van der Waals surface area contributed by atoms with Gasteiger partial charge in [-0.15, -0.1) is 0 Å². The van der Waals surface area contributed by atoms with Gasteiger partial charge in [-0.2, -0.15) is 11.8 Å². The summed E-state index contributed by atoms with van der Waals surface area (Å²) in [7, 11) is 0. The topological polar surface area (TPSA) is 15.3 Å². The average Bonchev–Trinajstić information content (AvgIpc) is 2.86. The lowest BCUT2D eigenvalue weighted by molar-refractivity contribution is 0.273. The molecule has 0 spiro atoms. The first kappa shape index (κ1) is 12.4. The van der Waals surface area contributed by atoms with Crippen LogP contribution in [0.15, 0.2) is 18.2 Å². The number of hydrogen-bond acceptors (Lipinski definition) is 3. The minimum atomic E-state index is 0.842. The number of anilines is 1. The first-order valence-electron chi connectivity index (χ1n) is 7.05. The molecule has 0 aromatic heterocycles. The molecule has 1 aromatic carbocycles. The van der Waals surface area contributed by atoms with Crippen LogP contribution >= 0.6 is 11.8 Å². The molecule has 1 unspecified atom stereocenters. The quantitative estimate of drug-likeness (QED) is 0.901. The molecule has 2 heterocycles. The zero-order valence-corrected chi connectivity index (χ0v) is 11.9. The summed E-state index contributed by atoms with van der Waals surface area (Å²) in [6, 6.07) is 6.95. The summed E-state index contributed by atoms with van der Waals surface area (Å²) in [6.45, 7) is 7.05. The van der Waals surface area contributed by atoms with E-state index in [4.69, 9.17) is 0 Å². The summed E-state index contributed by atoms with van der Waals surface area (Å²) in [6.07, 6.45) is 2.49. The average molecular weight is 262 g/mol. The predicted octanol–water partition coefficient (Wildman–Crippen LogP) is 2.98. The second-order valence-corrected chi connectivity index (χ2v) is 6.71. The number of thioether (sulfide) groups is 1. The Bertz CT molecular complexity index is 419. The van der Waals surface area contributed by atoms with Gasteiger partial charge in [-0.3, -0.25) is 4.90 Å². The van der Waals surface area contributed by atoms with Gasteiger partial charge in [0, 0.05) is 42.9 Å².